The van der Waals surface area contributed by atoms with Gasteiger partial charge in [-0.3, -0.25) is 9.36 Å². The van der Waals surface area contributed by atoms with E-state index in [0.29, 0.717) is 11.5 Å². The molecular formula is C16H29N2O8P. The van der Waals surface area contributed by atoms with Crippen molar-refractivity contribution in [1.82, 2.24) is 9.80 Å². The number of amides is 3. The van der Waals surface area contributed by atoms with Crippen LogP contribution in [0.2, 0.25) is 0 Å². The Hall–Kier alpha value is -1.03. The van der Waals surface area contributed by atoms with Gasteiger partial charge < -0.3 is 28.9 Å². The van der Waals surface area contributed by atoms with Crippen LogP contribution in [0.15, 0.2) is 0 Å². The highest BCUT2D eigenvalue weighted by Gasteiger charge is 2.69. The second kappa shape index (κ2) is 7.77. The van der Waals surface area contributed by atoms with Crippen molar-refractivity contribution in [2.45, 2.75) is 64.3 Å². The molecular weight excluding hydrogens is 379 g/mol. The number of rotatable bonds is 10. The summed E-state index contributed by atoms with van der Waals surface area (Å²) in [6, 6.07) is -0.824. The maximum Gasteiger partial charge on any atom is 0.381 e. The molecule has 3 atom stereocenters. The molecule has 2 aliphatic rings. The highest BCUT2D eigenvalue weighted by molar-refractivity contribution is 7.53. The quantitative estimate of drug-likeness (QED) is 0.312. The molecule has 2 rings (SSSR count). The molecule has 156 valence electrons. The van der Waals surface area contributed by atoms with Gasteiger partial charge in [0.05, 0.1) is 19.3 Å². The molecule has 2 heterocycles. The molecule has 0 radical (unpaired) electrons. The SMILES string of the molecule is CCOC(CC)C(OCC)(N1C(=O)N(CC2CO2)C(C)(C)C1=O)P(=O)(O)O. The topological polar surface area (TPSA) is 129 Å². The van der Waals surface area contributed by atoms with Crippen LogP contribution in [0.5, 0.6) is 0 Å². The first kappa shape index (κ1) is 22.3. The summed E-state index contributed by atoms with van der Waals surface area (Å²) in [5, 5.41) is 0. The van der Waals surface area contributed by atoms with E-state index in [-0.39, 0.29) is 32.3 Å². The molecule has 3 amide bonds. The van der Waals surface area contributed by atoms with Crippen molar-refractivity contribution in [2.75, 3.05) is 26.4 Å². The summed E-state index contributed by atoms with van der Waals surface area (Å²) in [4.78, 5) is 48.7. The summed E-state index contributed by atoms with van der Waals surface area (Å²) in [5.74, 6) is -0.747. The van der Waals surface area contributed by atoms with Crippen LogP contribution in [0.1, 0.15) is 41.0 Å². The number of hydrogen-bond acceptors (Lipinski definition) is 6. The Morgan fingerprint density at radius 2 is 1.89 bits per heavy atom. The Balaban J connectivity index is 2.61. The first-order chi connectivity index (χ1) is 12.5. The standard InChI is InChI=1S/C16H29N2O8P/c1-6-12(24-7-2)16(26-8-3,27(21,22)23)18-13(19)15(4,5)17(14(18)20)9-11-10-25-11/h11-12H,6-10H2,1-5H3,(H2,21,22,23). The highest BCUT2D eigenvalue weighted by atomic mass is 31.2. The number of carbonyl (C=O) groups excluding carboxylic acids is 2. The lowest BCUT2D eigenvalue weighted by atomic mass is 10.0. The minimum absolute atomic E-state index is 0.127. The van der Waals surface area contributed by atoms with Gasteiger partial charge in [0.15, 0.2) is 0 Å². The van der Waals surface area contributed by atoms with Crippen LogP contribution in [-0.4, -0.2) is 81.1 Å². The van der Waals surface area contributed by atoms with Gasteiger partial charge in [-0.1, -0.05) is 6.92 Å². The molecule has 3 unspecified atom stereocenters. The zero-order valence-electron chi connectivity index (χ0n) is 16.4. The Morgan fingerprint density at radius 3 is 2.30 bits per heavy atom. The molecule has 2 N–H and O–H groups in total. The van der Waals surface area contributed by atoms with Gasteiger partial charge >= 0.3 is 13.6 Å². The molecule has 10 nitrogen and oxygen atoms in total. The third-order valence-corrected chi connectivity index (χ3v) is 6.32. The van der Waals surface area contributed by atoms with E-state index in [0.717, 1.165) is 0 Å². The van der Waals surface area contributed by atoms with Gasteiger partial charge in [-0.15, -0.1) is 0 Å². The third-order valence-electron chi connectivity index (χ3n) is 4.86. The van der Waals surface area contributed by atoms with Crippen molar-refractivity contribution in [3.05, 3.63) is 0 Å². The predicted octanol–water partition coefficient (Wildman–Crippen LogP) is 1.11. The first-order valence-electron chi connectivity index (χ1n) is 9.07. The molecule has 0 saturated carbocycles. The number of carbonyl (C=O) groups is 2. The molecule has 0 aliphatic carbocycles. The molecule has 0 spiro atoms. The molecule has 2 aliphatic heterocycles. The smallest absolute Gasteiger partial charge is 0.373 e. The molecule has 11 heteroatoms. The Morgan fingerprint density at radius 1 is 1.30 bits per heavy atom. The van der Waals surface area contributed by atoms with Crippen LogP contribution in [0.3, 0.4) is 0 Å². The van der Waals surface area contributed by atoms with Gasteiger partial charge in [0.1, 0.15) is 11.6 Å². The van der Waals surface area contributed by atoms with E-state index in [2.05, 4.69) is 0 Å². The summed E-state index contributed by atoms with van der Waals surface area (Å²) in [6.45, 7) is 8.55. The van der Waals surface area contributed by atoms with Crippen LogP contribution in [-0.2, 0) is 23.6 Å². The van der Waals surface area contributed by atoms with E-state index in [9.17, 15) is 23.9 Å². The monoisotopic (exact) mass is 408 g/mol. The number of epoxide rings is 1. The van der Waals surface area contributed by atoms with Crippen LogP contribution >= 0.6 is 7.60 Å². The number of hydrogen-bond donors (Lipinski definition) is 2. The van der Waals surface area contributed by atoms with Crippen LogP contribution < -0.4 is 0 Å². The first-order valence-corrected chi connectivity index (χ1v) is 10.7. The minimum atomic E-state index is -5.17. The van der Waals surface area contributed by atoms with Crippen molar-refractivity contribution >= 4 is 19.5 Å². The van der Waals surface area contributed by atoms with Crippen LogP contribution in [0.25, 0.3) is 0 Å². The summed E-state index contributed by atoms with van der Waals surface area (Å²) < 4.78 is 28.9. The normalized spacial score (nSPS) is 25.7. The summed E-state index contributed by atoms with van der Waals surface area (Å²) >= 11 is 0. The van der Waals surface area contributed by atoms with Gasteiger partial charge in [-0.25, -0.2) is 9.69 Å². The van der Waals surface area contributed by atoms with Gasteiger partial charge in [-0.05, 0) is 34.1 Å². The summed E-state index contributed by atoms with van der Waals surface area (Å²) in [7, 11) is -5.17. The van der Waals surface area contributed by atoms with Gasteiger partial charge in [0.25, 0.3) is 11.4 Å². The van der Waals surface area contributed by atoms with E-state index >= 15 is 0 Å². The fraction of sp³-hybridized carbons (Fsp3) is 0.875. The van der Waals surface area contributed by atoms with E-state index in [1.807, 2.05) is 0 Å². The predicted molar refractivity (Wildman–Crippen MR) is 94.9 cm³/mol. The van der Waals surface area contributed by atoms with E-state index < -0.39 is 36.6 Å². The van der Waals surface area contributed by atoms with E-state index in [4.69, 9.17) is 14.2 Å². The Kier molecular flexibility index (Phi) is 6.41. The lowest BCUT2D eigenvalue weighted by molar-refractivity contribution is -0.178. The lowest BCUT2D eigenvalue weighted by Gasteiger charge is -2.43. The highest BCUT2D eigenvalue weighted by Crippen LogP contribution is 2.58. The van der Waals surface area contributed by atoms with Gasteiger partial charge in [0, 0.05) is 13.2 Å². The zero-order chi connectivity index (χ0) is 20.6. The summed E-state index contributed by atoms with van der Waals surface area (Å²) in [5.41, 5.74) is -3.83. The molecule has 0 bridgehead atoms. The van der Waals surface area contributed by atoms with E-state index in [1.54, 1.807) is 13.8 Å². The molecule has 0 aromatic heterocycles. The average Bonchev–Trinajstić information content (AvgIpc) is 3.36. The van der Waals surface area contributed by atoms with Crippen molar-refractivity contribution in [1.29, 1.82) is 0 Å². The lowest BCUT2D eigenvalue weighted by Crippen LogP contribution is -2.61. The minimum Gasteiger partial charge on any atom is -0.373 e. The van der Waals surface area contributed by atoms with Crippen molar-refractivity contribution in [2.24, 2.45) is 0 Å². The maximum atomic E-state index is 13.2. The number of imide groups is 1. The Bertz CT molecular complexity index is 632. The number of ether oxygens (including phenoxy) is 3. The number of urea groups is 1. The second-order valence-corrected chi connectivity index (χ2v) is 8.76. The van der Waals surface area contributed by atoms with Gasteiger partial charge in [-0.2, -0.15) is 0 Å². The second-order valence-electron chi connectivity index (χ2n) is 7.04. The molecule has 2 saturated heterocycles. The fourth-order valence-corrected chi connectivity index (χ4v) is 4.78. The largest absolute Gasteiger partial charge is 0.381 e. The molecule has 0 aromatic rings. The Labute approximate surface area is 158 Å². The molecule has 0 aromatic carbocycles. The molecule has 27 heavy (non-hydrogen) atoms. The third kappa shape index (κ3) is 3.66. The maximum absolute atomic E-state index is 13.2. The number of nitrogens with zero attached hydrogens (tertiary/aromatic N) is 2. The fourth-order valence-electron chi connectivity index (χ4n) is 3.41. The summed E-state index contributed by atoms with van der Waals surface area (Å²) in [6.07, 6.45) is -1.25. The van der Waals surface area contributed by atoms with Crippen molar-refractivity contribution in [3.63, 3.8) is 0 Å². The van der Waals surface area contributed by atoms with Crippen molar-refractivity contribution in [3.8, 4) is 0 Å². The average molecular weight is 408 g/mol. The van der Waals surface area contributed by atoms with Gasteiger partial charge in [0.2, 0.25) is 0 Å². The molecule has 2 fully saturated rings. The van der Waals surface area contributed by atoms with Crippen LogP contribution in [0, 0.1) is 0 Å². The van der Waals surface area contributed by atoms with Crippen molar-refractivity contribution < 1.29 is 38.2 Å². The zero-order valence-corrected chi connectivity index (χ0v) is 17.3. The van der Waals surface area contributed by atoms with Crippen LogP contribution in [0.4, 0.5) is 4.79 Å². The van der Waals surface area contributed by atoms with E-state index in [1.165, 1.54) is 25.7 Å².